The minimum Gasteiger partial charge on any atom is -0.368 e. The van der Waals surface area contributed by atoms with E-state index in [0.717, 1.165) is 42.6 Å². The van der Waals surface area contributed by atoms with Crippen molar-refractivity contribution in [1.29, 1.82) is 0 Å². The number of piperazine rings is 1. The molecule has 1 N–H and O–H groups in total. The Morgan fingerprint density at radius 3 is 2.28 bits per heavy atom. The van der Waals surface area contributed by atoms with E-state index in [1.165, 1.54) is 0 Å². The zero-order valence-corrected chi connectivity index (χ0v) is 15.6. The van der Waals surface area contributed by atoms with Crippen molar-refractivity contribution in [3.05, 3.63) is 52.5 Å². The summed E-state index contributed by atoms with van der Waals surface area (Å²) >= 11 is 11.9. The van der Waals surface area contributed by atoms with Crippen LogP contribution in [0.15, 0.2) is 51.8 Å². The van der Waals surface area contributed by atoms with Gasteiger partial charge < -0.3 is 15.1 Å². The molecule has 1 atom stereocenters. The molecule has 0 spiro atoms. The van der Waals surface area contributed by atoms with E-state index in [-0.39, 0.29) is 0 Å². The third-order valence-corrected chi connectivity index (χ3v) is 5.86. The van der Waals surface area contributed by atoms with Gasteiger partial charge in [-0.25, -0.2) is 4.21 Å². The largest absolute Gasteiger partial charge is 0.368 e. The van der Waals surface area contributed by atoms with Crippen LogP contribution in [0.25, 0.3) is 0 Å². The summed E-state index contributed by atoms with van der Waals surface area (Å²) < 4.78 is 16.7. The lowest BCUT2D eigenvalue weighted by Crippen LogP contribution is -2.51. The van der Waals surface area contributed by atoms with Gasteiger partial charge in [0.25, 0.3) is 0 Å². The van der Waals surface area contributed by atoms with Crippen molar-refractivity contribution in [2.75, 3.05) is 36.4 Å². The lowest BCUT2D eigenvalue weighted by molar-refractivity contribution is 0.385. The number of hydrogen-bond donors (Lipinski definition) is 1. The predicted octanol–water partition coefficient (Wildman–Crippen LogP) is 3.62. The average molecular weight is 395 g/mol. The molecule has 2 aromatic rings. The van der Waals surface area contributed by atoms with Gasteiger partial charge in [-0.2, -0.15) is 0 Å². The predicted molar refractivity (Wildman–Crippen MR) is 104 cm³/mol. The highest BCUT2D eigenvalue weighted by molar-refractivity contribution is 7.84. The first-order valence-corrected chi connectivity index (χ1v) is 9.79. The Morgan fingerprint density at radius 2 is 1.56 bits per heavy atom. The quantitative estimate of drug-likeness (QED) is 0.802. The minimum atomic E-state index is -1.43. The maximum Gasteiger partial charge on any atom is 0.213 e. The highest BCUT2D eigenvalue weighted by atomic mass is 35.5. The van der Waals surface area contributed by atoms with Crippen molar-refractivity contribution in [3.8, 4) is 0 Å². The number of fused-ring (bicyclic) bond motifs is 1. The average Bonchev–Trinajstić information content (AvgIpc) is 2.63. The number of hydrogen-bond acceptors (Lipinski definition) is 4. The van der Waals surface area contributed by atoms with Crippen LogP contribution in [0.5, 0.6) is 0 Å². The van der Waals surface area contributed by atoms with Crippen LogP contribution in [0, 0.1) is 0 Å². The number of anilines is 2. The van der Waals surface area contributed by atoms with Crippen LogP contribution in [0.2, 0.25) is 10.0 Å². The van der Waals surface area contributed by atoms with E-state index in [9.17, 15) is 4.21 Å². The molecule has 25 heavy (non-hydrogen) atoms. The Labute approximate surface area is 158 Å². The van der Waals surface area contributed by atoms with E-state index >= 15 is 0 Å². The van der Waals surface area contributed by atoms with Crippen LogP contribution in [-0.4, -0.2) is 41.2 Å². The lowest BCUT2D eigenvalue weighted by Gasteiger charge is -2.38. The smallest absolute Gasteiger partial charge is 0.213 e. The molecule has 8 heteroatoms. The highest BCUT2D eigenvalue weighted by Gasteiger charge is 2.25. The topological polar surface area (TPSA) is 47.9 Å². The Morgan fingerprint density at radius 1 is 0.920 bits per heavy atom. The van der Waals surface area contributed by atoms with Crippen molar-refractivity contribution in [2.45, 2.75) is 4.90 Å². The molecule has 0 aliphatic carbocycles. The van der Waals surface area contributed by atoms with Crippen molar-refractivity contribution in [3.63, 3.8) is 0 Å². The summed E-state index contributed by atoms with van der Waals surface area (Å²) in [6.07, 6.45) is 0. The minimum absolute atomic E-state index is 0.559. The van der Waals surface area contributed by atoms with Crippen LogP contribution in [0.1, 0.15) is 0 Å². The Balaban J connectivity index is 1.45. The molecular formula is C17H16Cl2N4OS. The Hall–Kier alpha value is -1.76. The summed E-state index contributed by atoms with van der Waals surface area (Å²) in [5, 5.41) is 4.57. The van der Waals surface area contributed by atoms with Crippen LogP contribution in [0.4, 0.5) is 11.4 Å². The van der Waals surface area contributed by atoms with Gasteiger partial charge in [-0.15, -0.1) is 4.40 Å². The van der Waals surface area contributed by atoms with Crippen molar-refractivity contribution >= 4 is 51.5 Å². The summed E-state index contributed by atoms with van der Waals surface area (Å²) in [4.78, 5) is 5.05. The van der Waals surface area contributed by atoms with Crippen molar-refractivity contribution in [2.24, 2.45) is 4.40 Å². The van der Waals surface area contributed by atoms with Crippen molar-refractivity contribution < 1.29 is 4.21 Å². The maximum atomic E-state index is 12.4. The van der Waals surface area contributed by atoms with Gasteiger partial charge >= 0.3 is 0 Å². The molecule has 1 unspecified atom stereocenters. The molecule has 1 fully saturated rings. The van der Waals surface area contributed by atoms with E-state index in [4.69, 9.17) is 23.2 Å². The molecule has 2 aliphatic heterocycles. The molecule has 2 aromatic carbocycles. The molecule has 5 nitrogen and oxygen atoms in total. The van der Waals surface area contributed by atoms with Gasteiger partial charge in [0.1, 0.15) is 0 Å². The standard InChI is InChI=1S/C17H16Cl2N4OS/c18-12-1-4-14(5-2-12)22-7-9-23(10-8-22)17-20-15-6-3-13(19)11-16(15)25(24)21-17/h1-6,11H,7-10H2,(H,20,21). The molecule has 4 rings (SSSR count). The molecule has 0 saturated carbocycles. The molecular weight excluding hydrogens is 379 g/mol. The summed E-state index contributed by atoms with van der Waals surface area (Å²) in [6.45, 7) is 3.33. The summed E-state index contributed by atoms with van der Waals surface area (Å²) in [5.41, 5.74) is 1.96. The normalized spacial score (nSPS) is 19.9. The summed E-state index contributed by atoms with van der Waals surface area (Å²) in [6, 6.07) is 13.2. The lowest BCUT2D eigenvalue weighted by atomic mass is 10.2. The van der Waals surface area contributed by atoms with Gasteiger partial charge in [0.2, 0.25) is 5.96 Å². The highest BCUT2D eigenvalue weighted by Crippen LogP contribution is 2.28. The number of halogens is 2. The van der Waals surface area contributed by atoms with Crippen molar-refractivity contribution in [1.82, 2.24) is 4.90 Å². The Kier molecular flexibility index (Phi) is 4.58. The first-order valence-electron chi connectivity index (χ1n) is 7.93. The fraction of sp³-hybridized carbons (Fsp3) is 0.235. The zero-order chi connectivity index (χ0) is 17.4. The fourth-order valence-corrected chi connectivity index (χ4v) is 4.29. The number of rotatable bonds is 1. The van der Waals surface area contributed by atoms with Gasteiger partial charge in [-0.05, 0) is 42.5 Å². The molecule has 0 aromatic heterocycles. The molecule has 2 heterocycles. The van der Waals surface area contributed by atoms with Gasteiger partial charge in [-0.3, -0.25) is 0 Å². The zero-order valence-electron chi connectivity index (χ0n) is 13.3. The number of nitrogens with zero attached hydrogens (tertiary/aromatic N) is 3. The van der Waals surface area contributed by atoms with Crippen LogP contribution < -0.4 is 10.2 Å². The van der Waals surface area contributed by atoms with Gasteiger partial charge in [-0.1, -0.05) is 23.2 Å². The van der Waals surface area contributed by atoms with E-state index in [1.807, 2.05) is 30.3 Å². The molecule has 0 radical (unpaired) electrons. The third kappa shape index (κ3) is 3.47. The number of nitrogens with one attached hydrogen (secondary N) is 1. The van der Waals surface area contributed by atoms with Gasteiger partial charge in [0.15, 0.2) is 11.0 Å². The second-order valence-corrected chi connectivity index (χ2v) is 7.87. The van der Waals surface area contributed by atoms with E-state index < -0.39 is 11.0 Å². The fourth-order valence-electron chi connectivity index (χ4n) is 2.98. The first kappa shape index (κ1) is 16.7. The van der Waals surface area contributed by atoms with Crippen LogP contribution in [0.3, 0.4) is 0 Å². The second-order valence-electron chi connectivity index (χ2n) is 5.88. The van der Waals surface area contributed by atoms with Gasteiger partial charge in [0, 0.05) is 41.9 Å². The van der Waals surface area contributed by atoms with Crippen LogP contribution in [-0.2, 0) is 11.0 Å². The van der Waals surface area contributed by atoms with Crippen LogP contribution >= 0.6 is 23.2 Å². The molecule has 1 saturated heterocycles. The Bertz CT molecular complexity index is 848. The van der Waals surface area contributed by atoms with E-state index in [0.29, 0.717) is 15.9 Å². The molecule has 130 valence electrons. The summed E-state index contributed by atoms with van der Waals surface area (Å²) in [7, 11) is -1.43. The monoisotopic (exact) mass is 394 g/mol. The number of guanidine groups is 1. The van der Waals surface area contributed by atoms with Gasteiger partial charge in [0.05, 0.1) is 10.6 Å². The summed E-state index contributed by atoms with van der Waals surface area (Å²) in [5.74, 6) is 0.656. The first-order chi connectivity index (χ1) is 12.1. The number of benzene rings is 2. The molecule has 2 aliphatic rings. The van der Waals surface area contributed by atoms with E-state index in [1.54, 1.807) is 12.1 Å². The molecule has 0 amide bonds. The maximum absolute atomic E-state index is 12.4. The molecule has 0 bridgehead atoms. The SMILES string of the molecule is O=S1N=C(N2CCN(c3ccc(Cl)cc3)CC2)Nc2ccc(Cl)cc21. The third-order valence-electron chi connectivity index (χ3n) is 4.32. The van der Waals surface area contributed by atoms with E-state index in [2.05, 4.69) is 19.5 Å². The second kappa shape index (κ2) is 6.86.